The van der Waals surface area contributed by atoms with Crippen molar-refractivity contribution in [3.05, 3.63) is 84.2 Å². The van der Waals surface area contributed by atoms with Crippen molar-refractivity contribution in [2.75, 3.05) is 23.4 Å². The number of sulfonamides is 1. The minimum absolute atomic E-state index is 0.131. The van der Waals surface area contributed by atoms with Crippen molar-refractivity contribution in [2.24, 2.45) is 0 Å². The number of nitrogens with zero attached hydrogens (tertiary/aromatic N) is 2. The van der Waals surface area contributed by atoms with Crippen LogP contribution < -0.4 is 14.9 Å². The molecule has 2 atom stereocenters. The number of hydrogen-bond donors (Lipinski definition) is 2. The maximum atomic E-state index is 13.1. The predicted molar refractivity (Wildman–Crippen MR) is 131 cm³/mol. The first kappa shape index (κ1) is 23.2. The summed E-state index contributed by atoms with van der Waals surface area (Å²) >= 11 is 0. The molecule has 1 aliphatic rings. The van der Waals surface area contributed by atoms with Crippen LogP contribution in [0.5, 0.6) is 0 Å². The lowest BCUT2D eigenvalue weighted by Crippen LogP contribution is -2.39. The SMILES string of the molecule is CCOC[C@H](Cc1ccccc1)NS(=O)(=O)c1ccc(CN2c3ccncc3NC2C)cc1. The molecule has 0 spiro atoms. The number of benzene rings is 2. The van der Waals surface area contributed by atoms with Crippen LogP contribution in [-0.4, -0.2) is 38.8 Å². The smallest absolute Gasteiger partial charge is 0.240 e. The van der Waals surface area contributed by atoms with Crippen molar-refractivity contribution in [2.45, 2.75) is 43.9 Å². The zero-order valence-electron chi connectivity index (χ0n) is 18.9. The lowest BCUT2D eigenvalue weighted by Gasteiger charge is -2.24. The van der Waals surface area contributed by atoms with Gasteiger partial charge in [-0.3, -0.25) is 4.98 Å². The highest BCUT2D eigenvalue weighted by atomic mass is 32.2. The Kier molecular flexibility index (Phi) is 7.27. The van der Waals surface area contributed by atoms with Crippen molar-refractivity contribution in [3.63, 3.8) is 0 Å². The fraction of sp³-hybridized carbons (Fsp3) is 0.320. The third-order valence-corrected chi connectivity index (χ3v) is 7.23. The lowest BCUT2D eigenvalue weighted by atomic mass is 10.1. The van der Waals surface area contributed by atoms with E-state index in [1.165, 1.54) is 0 Å². The minimum Gasteiger partial charge on any atom is -0.380 e. The molecular weight excluding hydrogens is 436 g/mol. The number of pyridine rings is 1. The molecule has 8 heteroatoms. The molecule has 0 saturated carbocycles. The Balaban J connectivity index is 1.45. The minimum atomic E-state index is -3.68. The largest absolute Gasteiger partial charge is 0.380 e. The van der Waals surface area contributed by atoms with Gasteiger partial charge in [0.15, 0.2) is 0 Å². The van der Waals surface area contributed by atoms with E-state index in [2.05, 4.69) is 26.8 Å². The predicted octanol–water partition coefficient (Wildman–Crippen LogP) is 3.79. The molecule has 2 heterocycles. The molecule has 0 aliphatic carbocycles. The molecule has 1 aromatic heterocycles. The fourth-order valence-electron chi connectivity index (χ4n) is 4.03. The molecule has 2 aromatic carbocycles. The normalized spacial score (nSPS) is 16.3. The maximum Gasteiger partial charge on any atom is 0.240 e. The zero-order valence-corrected chi connectivity index (χ0v) is 19.8. The molecule has 174 valence electrons. The highest BCUT2D eigenvalue weighted by Crippen LogP contribution is 2.34. The molecule has 7 nitrogen and oxygen atoms in total. The Morgan fingerprint density at radius 2 is 1.85 bits per heavy atom. The number of anilines is 2. The van der Waals surface area contributed by atoms with E-state index in [-0.39, 0.29) is 17.1 Å². The average Bonchev–Trinajstić information content (AvgIpc) is 3.13. The van der Waals surface area contributed by atoms with Gasteiger partial charge in [-0.1, -0.05) is 42.5 Å². The van der Waals surface area contributed by atoms with Gasteiger partial charge in [0.05, 0.1) is 35.2 Å². The molecule has 0 fully saturated rings. The van der Waals surface area contributed by atoms with Crippen molar-refractivity contribution >= 4 is 21.4 Å². The van der Waals surface area contributed by atoms with E-state index >= 15 is 0 Å². The first-order valence-electron chi connectivity index (χ1n) is 11.2. The summed E-state index contributed by atoms with van der Waals surface area (Å²) in [5.74, 6) is 0. The van der Waals surface area contributed by atoms with Crippen LogP contribution in [0, 0.1) is 0 Å². The van der Waals surface area contributed by atoms with Crippen molar-refractivity contribution in [1.29, 1.82) is 0 Å². The van der Waals surface area contributed by atoms with Crippen LogP contribution in [-0.2, 0) is 27.7 Å². The standard InChI is InChI=1S/C25H30N4O3S/c1-3-32-18-22(15-20-7-5-4-6-8-20)28-33(30,31)23-11-9-21(10-12-23)17-29-19(2)27-24-16-26-14-13-25(24)29/h4-14,16,19,22,27-28H,3,15,17-18H2,1-2H3/t19?,22-/m0/s1. The van der Waals surface area contributed by atoms with Gasteiger partial charge in [-0.15, -0.1) is 0 Å². The number of nitrogens with one attached hydrogen (secondary N) is 2. The van der Waals surface area contributed by atoms with Crippen molar-refractivity contribution in [3.8, 4) is 0 Å². The molecule has 1 unspecified atom stereocenters. The summed E-state index contributed by atoms with van der Waals surface area (Å²) < 4.78 is 34.5. The van der Waals surface area contributed by atoms with Crippen LogP contribution in [0.2, 0.25) is 0 Å². The highest BCUT2D eigenvalue weighted by molar-refractivity contribution is 7.89. The molecule has 0 amide bonds. The molecule has 0 bridgehead atoms. The van der Waals surface area contributed by atoms with E-state index in [0.29, 0.717) is 26.2 Å². The van der Waals surface area contributed by atoms with Gasteiger partial charge in [0.2, 0.25) is 10.0 Å². The van der Waals surface area contributed by atoms with Gasteiger partial charge in [0.1, 0.15) is 0 Å². The van der Waals surface area contributed by atoms with Gasteiger partial charge >= 0.3 is 0 Å². The Morgan fingerprint density at radius 1 is 1.09 bits per heavy atom. The Bertz CT molecular complexity index is 1150. The summed E-state index contributed by atoms with van der Waals surface area (Å²) in [5.41, 5.74) is 4.19. The van der Waals surface area contributed by atoms with E-state index in [1.807, 2.05) is 61.7 Å². The Hall–Kier alpha value is -2.94. The van der Waals surface area contributed by atoms with Crippen LogP contribution in [0.15, 0.2) is 78.0 Å². The van der Waals surface area contributed by atoms with Crippen LogP contribution in [0.25, 0.3) is 0 Å². The van der Waals surface area contributed by atoms with E-state index in [1.54, 1.807) is 18.3 Å². The van der Waals surface area contributed by atoms with Crippen molar-refractivity contribution in [1.82, 2.24) is 9.71 Å². The van der Waals surface area contributed by atoms with Crippen LogP contribution in [0.4, 0.5) is 11.4 Å². The summed E-state index contributed by atoms with van der Waals surface area (Å²) in [7, 11) is -3.68. The Morgan fingerprint density at radius 3 is 2.58 bits per heavy atom. The molecule has 2 N–H and O–H groups in total. The summed E-state index contributed by atoms with van der Waals surface area (Å²) in [6.07, 6.45) is 4.29. The number of hydrogen-bond acceptors (Lipinski definition) is 6. The number of ether oxygens (including phenoxy) is 1. The van der Waals surface area contributed by atoms with E-state index in [0.717, 1.165) is 22.5 Å². The number of aromatic nitrogens is 1. The monoisotopic (exact) mass is 466 g/mol. The fourth-order valence-corrected chi connectivity index (χ4v) is 5.25. The van der Waals surface area contributed by atoms with E-state index in [9.17, 15) is 8.42 Å². The summed E-state index contributed by atoms with van der Waals surface area (Å²) in [4.78, 5) is 6.65. The molecule has 4 rings (SSSR count). The first-order valence-corrected chi connectivity index (χ1v) is 12.6. The van der Waals surface area contributed by atoms with Gasteiger partial charge < -0.3 is 15.0 Å². The second kappa shape index (κ2) is 10.3. The van der Waals surface area contributed by atoms with Crippen LogP contribution in [0.1, 0.15) is 25.0 Å². The highest BCUT2D eigenvalue weighted by Gasteiger charge is 2.25. The van der Waals surface area contributed by atoms with Gasteiger partial charge in [-0.2, -0.15) is 0 Å². The molecular formula is C25H30N4O3S. The quantitative estimate of drug-likeness (QED) is 0.473. The second-order valence-electron chi connectivity index (χ2n) is 8.15. The van der Waals surface area contributed by atoms with Crippen LogP contribution in [0.3, 0.4) is 0 Å². The summed E-state index contributed by atoms with van der Waals surface area (Å²) in [6, 6.07) is 18.5. The van der Waals surface area contributed by atoms with E-state index < -0.39 is 10.0 Å². The lowest BCUT2D eigenvalue weighted by molar-refractivity contribution is 0.129. The molecule has 1 aliphatic heterocycles. The third-order valence-electron chi connectivity index (χ3n) is 5.70. The summed E-state index contributed by atoms with van der Waals surface area (Å²) in [6.45, 7) is 5.51. The molecule has 33 heavy (non-hydrogen) atoms. The number of rotatable bonds is 10. The van der Waals surface area contributed by atoms with Crippen molar-refractivity contribution < 1.29 is 13.2 Å². The first-order chi connectivity index (χ1) is 16.0. The second-order valence-corrected chi connectivity index (χ2v) is 9.87. The molecule has 0 radical (unpaired) electrons. The third kappa shape index (κ3) is 5.71. The molecule has 0 saturated heterocycles. The topological polar surface area (TPSA) is 83.6 Å². The van der Waals surface area contributed by atoms with Gasteiger partial charge in [-0.05, 0) is 49.6 Å². The zero-order chi connectivity index (χ0) is 23.3. The average molecular weight is 467 g/mol. The maximum absolute atomic E-state index is 13.1. The number of fused-ring (bicyclic) bond motifs is 1. The van der Waals surface area contributed by atoms with E-state index in [4.69, 9.17) is 4.74 Å². The van der Waals surface area contributed by atoms with Gasteiger partial charge in [0.25, 0.3) is 0 Å². The Labute approximate surface area is 195 Å². The molecule has 3 aromatic rings. The van der Waals surface area contributed by atoms with Gasteiger partial charge in [0, 0.05) is 25.4 Å². The van der Waals surface area contributed by atoms with Gasteiger partial charge in [-0.25, -0.2) is 13.1 Å². The van der Waals surface area contributed by atoms with Crippen LogP contribution >= 0.6 is 0 Å². The summed E-state index contributed by atoms with van der Waals surface area (Å²) in [5, 5.41) is 3.41.